The number of rotatable bonds is 4. The minimum Gasteiger partial charge on any atom is -0.395 e. The Bertz CT molecular complexity index is 1340. The van der Waals surface area contributed by atoms with Crippen molar-refractivity contribution in [1.82, 2.24) is 19.8 Å². The lowest BCUT2D eigenvalue weighted by Crippen LogP contribution is -2.49. The van der Waals surface area contributed by atoms with Crippen LogP contribution >= 0.6 is 22.9 Å². The maximum absolute atomic E-state index is 13.0. The number of aromatic amines is 1. The number of thiazole rings is 1. The highest BCUT2D eigenvalue weighted by Gasteiger charge is 2.44. The number of nitrogens with zero attached hydrogens (tertiary/aromatic N) is 6. The Hall–Kier alpha value is -4.00. The van der Waals surface area contributed by atoms with Gasteiger partial charge in [-0.3, -0.25) is 0 Å². The Morgan fingerprint density at radius 3 is 2.86 bits per heavy atom. The van der Waals surface area contributed by atoms with Gasteiger partial charge in [-0.25, -0.2) is 15.1 Å². The van der Waals surface area contributed by atoms with Gasteiger partial charge in [0.2, 0.25) is 0 Å². The van der Waals surface area contributed by atoms with Crippen molar-refractivity contribution in [3.05, 3.63) is 61.8 Å². The van der Waals surface area contributed by atoms with Crippen molar-refractivity contribution in [2.45, 2.75) is 12.8 Å². The fraction of sp³-hybridized carbons (Fsp3) is 0.250. The predicted molar refractivity (Wildman–Crippen MR) is 123 cm³/mol. The van der Waals surface area contributed by atoms with Crippen molar-refractivity contribution >= 4 is 28.9 Å². The van der Waals surface area contributed by atoms with Crippen LogP contribution in [0.4, 0.5) is 8.78 Å². The number of ether oxygens (including phenoxy) is 3. The first-order valence-electron chi connectivity index (χ1n) is 10.00. The van der Waals surface area contributed by atoms with Gasteiger partial charge >= 0.3 is 6.29 Å². The lowest BCUT2D eigenvalue weighted by Gasteiger charge is -2.34. The van der Waals surface area contributed by atoms with Crippen molar-refractivity contribution in [2.24, 2.45) is 5.10 Å². The number of guanidine groups is 1. The molecule has 0 atom stereocenters. The molecule has 0 bridgehead atoms. The standard InChI is InChI=1S/C12H6F2N2O2.C8H10ClN5O3S/c13-12(14)17-10-3-1-2-8(11(10)18-12)9-6-16-5-7(9)4-15;1-12-4-17-5-13(8(12)11-14(15)16)3-6-2-10-7(9)18-6/h1-3,5-6,16H;2H,3-5H2,1H3/b;11-8+. The number of nitriles is 1. The Morgan fingerprint density at radius 2 is 2.17 bits per heavy atom. The number of nitro groups is 1. The van der Waals surface area contributed by atoms with Gasteiger partial charge in [0.25, 0.3) is 5.96 Å². The van der Waals surface area contributed by atoms with Crippen molar-refractivity contribution in [3.8, 4) is 28.7 Å². The van der Waals surface area contributed by atoms with Crippen LogP contribution < -0.4 is 9.47 Å². The first-order valence-corrected chi connectivity index (χ1v) is 11.2. The Balaban J connectivity index is 0.000000169. The molecule has 3 aromatic rings. The second kappa shape index (κ2) is 10.3. The molecular formula is C20H16ClF2N7O5S. The van der Waals surface area contributed by atoms with E-state index in [1.165, 1.54) is 23.6 Å². The van der Waals surface area contributed by atoms with Crippen LogP contribution in [-0.4, -0.2) is 57.6 Å². The molecule has 4 heterocycles. The molecule has 2 aliphatic rings. The third-order valence-corrected chi connectivity index (χ3v) is 5.88. The lowest BCUT2D eigenvalue weighted by atomic mass is 10.0. The molecule has 0 amide bonds. The van der Waals surface area contributed by atoms with E-state index in [1.807, 2.05) is 6.07 Å². The summed E-state index contributed by atoms with van der Waals surface area (Å²) in [6.07, 6.45) is 1.00. The van der Waals surface area contributed by atoms with Gasteiger partial charge in [0.05, 0.1) is 12.1 Å². The molecule has 1 saturated heterocycles. The summed E-state index contributed by atoms with van der Waals surface area (Å²) in [7, 11) is 1.67. The summed E-state index contributed by atoms with van der Waals surface area (Å²) >= 11 is 7.05. The number of hydrazone groups is 1. The minimum atomic E-state index is -3.67. The van der Waals surface area contributed by atoms with E-state index in [4.69, 9.17) is 21.6 Å². The molecule has 1 fully saturated rings. The molecule has 16 heteroatoms. The van der Waals surface area contributed by atoms with E-state index in [0.717, 1.165) is 4.88 Å². The predicted octanol–water partition coefficient (Wildman–Crippen LogP) is 3.90. The zero-order chi connectivity index (χ0) is 25.9. The molecule has 1 aromatic carbocycles. The van der Waals surface area contributed by atoms with Crippen LogP contribution in [0.1, 0.15) is 10.4 Å². The molecular weight excluding hydrogens is 524 g/mol. The number of alkyl halides is 2. The van der Waals surface area contributed by atoms with Crippen LogP contribution in [0.5, 0.6) is 11.5 Å². The highest BCUT2D eigenvalue weighted by molar-refractivity contribution is 7.15. The average molecular weight is 540 g/mol. The first-order chi connectivity index (χ1) is 17.2. The van der Waals surface area contributed by atoms with E-state index in [2.05, 4.69) is 24.5 Å². The molecule has 2 aliphatic heterocycles. The van der Waals surface area contributed by atoms with E-state index in [1.54, 1.807) is 41.4 Å². The van der Waals surface area contributed by atoms with Crippen LogP contribution in [0.3, 0.4) is 0 Å². The Morgan fingerprint density at radius 1 is 1.36 bits per heavy atom. The number of hydrogen-bond donors (Lipinski definition) is 1. The van der Waals surface area contributed by atoms with E-state index >= 15 is 0 Å². The number of aromatic nitrogens is 2. The van der Waals surface area contributed by atoms with E-state index in [9.17, 15) is 18.9 Å². The lowest BCUT2D eigenvalue weighted by molar-refractivity contribution is -0.486. The fourth-order valence-electron chi connectivity index (χ4n) is 3.38. The van der Waals surface area contributed by atoms with Gasteiger partial charge in [0, 0.05) is 41.6 Å². The van der Waals surface area contributed by atoms with Gasteiger partial charge in [-0.15, -0.1) is 20.1 Å². The summed E-state index contributed by atoms with van der Waals surface area (Å²) in [5, 5.41) is 22.1. The zero-order valence-corrected chi connectivity index (χ0v) is 19.9. The van der Waals surface area contributed by atoms with E-state index in [0.29, 0.717) is 27.7 Å². The number of nitrogens with one attached hydrogen (secondary N) is 1. The monoisotopic (exact) mass is 539 g/mol. The van der Waals surface area contributed by atoms with Crippen LogP contribution in [0.15, 0.2) is 41.9 Å². The number of halogens is 3. The number of para-hydroxylation sites is 1. The summed E-state index contributed by atoms with van der Waals surface area (Å²) < 4.78 is 40.6. The SMILES string of the molecule is CN1COCN(Cc2cnc(Cl)s2)/C1=N/[N+](=O)[O-].N#Cc1c[nH]cc1-c1cccc2c1OC(F)(F)O2. The van der Waals surface area contributed by atoms with Crippen molar-refractivity contribution in [2.75, 3.05) is 20.5 Å². The van der Waals surface area contributed by atoms with E-state index in [-0.39, 0.29) is 30.9 Å². The van der Waals surface area contributed by atoms with Gasteiger partial charge in [-0.2, -0.15) is 5.26 Å². The number of hydrogen-bond acceptors (Lipinski definition) is 8. The number of fused-ring (bicyclic) bond motifs is 1. The van der Waals surface area contributed by atoms with Crippen molar-refractivity contribution in [1.29, 1.82) is 5.26 Å². The topological polar surface area (TPSA) is 142 Å². The van der Waals surface area contributed by atoms with Gasteiger partial charge in [0.1, 0.15) is 24.6 Å². The van der Waals surface area contributed by atoms with E-state index < -0.39 is 11.3 Å². The summed E-state index contributed by atoms with van der Waals surface area (Å²) in [6.45, 7) is 0.931. The highest BCUT2D eigenvalue weighted by atomic mass is 35.5. The zero-order valence-electron chi connectivity index (χ0n) is 18.4. The minimum absolute atomic E-state index is 0.0393. The molecule has 36 heavy (non-hydrogen) atoms. The summed E-state index contributed by atoms with van der Waals surface area (Å²) in [4.78, 5) is 21.3. The smallest absolute Gasteiger partial charge is 0.395 e. The summed E-state index contributed by atoms with van der Waals surface area (Å²) in [6, 6.07) is 6.51. The maximum atomic E-state index is 13.0. The molecule has 0 unspecified atom stereocenters. The average Bonchev–Trinajstić information content (AvgIpc) is 3.53. The largest absolute Gasteiger partial charge is 0.586 e. The summed E-state index contributed by atoms with van der Waals surface area (Å²) in [5.41, 5.74) is 1.24. The molecule has 0 saturated carbocycles. The molecule has 0 radical (unpaired) electrons. The van der Waals surface area contributed by atoms with Crippen LogP contribution in [0.25, 0.3) is 11.1 Å². The second-order valence-electron chi connectivity index (χ2n) is 7.27. The molecule has 188 valence electrons. The van der Waals surface area contributed by atoms with Crippen LogP contribution in [0, 0.1) is 21.4 Å². The van der Waals surface area contributed by atoms with Crippen molar-refractivity contribution < 1.29 is 28.0 Å². The number of H-pyrrole nitrogens is 1. The highest BCUT2D eigenvalue weighted by Crippen LogP contribution is 2.47. The van der Waals surface area contributed by atoms with Gasteiger partial charge in [-0.05, 0) is 6.07 Å². The maximum Gasteiger partial charge on any atom is 0.586 e. The van der Waals surface area contributed by atoms with Gasteiger partial charge in [-0.1, -0.05) is 23.7 Å². The Kier molecular flexibility index (Phi) is 7.20. The molecule has 1 N–H and O–H groups in total. The second-order valence-corrected chi connectivity index (χ2v) is 8.97. The molecule has 5 rings (SSSR count). The first kappa shape index (κ1) is 25.1. The third-order valence-electron chi connectivity index (χ3n) is 4.78. The van der Waals surface area contributed by atoms with Crippen LogP contribution in [-0.2, 0) is 11.3 Å². The molecule has 0 aliphatic carbocycles. The number of benzene rings is 1. The van der Waals surface area contributed by atoms with Crippen LogP contribution in [0.2, 0.25) is 4.47 Å². The third kappa shape index (κ3) is 5.62. The quantitative estimate of drug-likeness (QED) is 0.385. The van der Waals surface area contributed by atoms with Gasteiger partial charge < -0.3 is 29.0 Å². The van der Waals surface area contributed by atoms with Gasteiger partial charge in [0.15, 0.2) is 21.0 Å². The summed E-state index contributed by atoms with van der Waals surface area (Å²) in [5.74, 6) is 0.164. The fourth-order valence-corrected chi connectivity index (χ4v) is 4.37. The molecule has 2 aromatic heterocycles. The van der Waals surface area contributed by atoms with Crippen molar-refractivity contribution in [3.63, 3.8) is 0 Å². The normalized spacial score (nSPS) is 16.9. The molecule has 12 nitrogen and oxygen atoms in total. The Labute approximate surface area is 211 Å². The molecule has 0 spiro atoms.